The number of nitro benzene ring substituents is 3. The monoisotopic (exact) mass is 489 g/mol. The fraction of sp³-hybridized carbons (Fsp3) is 0.333. The van der Waals surface area contributed by atoms with Crippen molar-refractivity contribution in [1.82, 2.24) is 9.97 Å². The molecule has 0 saturated carbocycles. The number of imidazole rings is 1. The number of aromatic amines is 1. The first-order valence-corrected chi connectivity index (χ1v) is 10.5. The fourth-order valence-electron chi connectivity index (χ4n) is 3.13. The largest absolute Gasteiger partial charge is 0.497 e. The Kier molecular flexibility index (Phi) is 9.14. The van der Waals surface area contributed by atoms with Gasteiger partial charge in [-0.3, -0.25) is 35.1 Å². The summed E-state index contributed by atoms with van der Waals surface area (Å²) in [6, 6.07) is 8.70. The van der Waals surface area contributed by atoms with E-state index in [0.717, 1.165) is 30.3 Å². The number of phenolic OH excluding ortho intramolecular Hbond substituents is 1. The molecular weight excluding hydrogens is 466 g/mol. The molecule has 0 saturated heterocycles. The maximum Gasteiger partial charge on any atom is 0.324 e. The molecule has 0 aliphatic rings. The standard InChI is InChI=1S/C15H20N2O2.C6H3N3O7/c1-3-5-8-11(15(18)19-4-2)14-16-12-9-6-7-10-13(12)17-14;10-6-4(8(13)14)1-3(7(11)12)2-5(6)9(15)16/h6-7,9-11H,3-5,8H2,1-2H3,(H,16,17);1-2,10H. The Hall–Kier alpha value is -4.62. The number of nitrogens with zero attached hydrogens (tertiary/aromatic N) is 4. The molecule has 0 amide bonds. The molecule has 14 heteroatoms. The number of ether oxygens (including phenoxy) is 1. The molecule has 0 bridgehead atoms. The van der Waals surface area contributed by atoms with Crippen LogP contribution in [0.2, 0.25) is 0 Å². The highest BCUT2D eigenvalue weighted by molar-refractivity contribution is 5.80. The fourth-order valence-corrected chi connectivity index (χ4v) is 3.13. The number of benzene rings is 2. The summed E-state index contributed by atoms with van der Waals surface area (Å²) in [4.78, 5) is 47.6. The molecule has 0 radical (unpaired) electrons. The predicted molar refractivity (Wildman–Crippen MR) is 123 cm³/mol. The molecule has 0 spiro atoms. The van der Waals surface area contributed by atoms with Crippen LogP contribution in [-0.4, -0.2) is 42.4 Å². The van der Waals surface area contributed by atoms with Gasteiger partial charge in [0, 0.05) is 0 Å². The molecule has 1 atom stereocenters. The molecule has 0 fully saturated rings. The average Bonchev–Trinajstić information content (AvgIpc) is 3.23. The van der Waals surface area contributed by atoms with E-state index in [-0.39, 0.29) is 11.9 Å². The number of unbranched alkanes of at least 4 members (excludes halogenated alkanes) is 1. The quantitative estimate of drug-likeness (QED) is 0.244. The lowest BCUT2D eigenvalue weighted by Gasteiger charge is -2.12. The molecule has 0 aliphatic carbocycles. The molecule has 35 heavy (non-hydrogen) atoms. The van der Waals surface area contributed by atoms with Gasteiger partial charge in [0.1, 0.15) is 11.7 Å². The molecule has 1 unspecified atom stereocenters. The van der Waals surface area contributed by atoms with Gasteiger partial charge in [0.25, 0.3) is 11.4 Å². The number of nitro groups is 3. The number of para-hydroxylation sites is 2. The van der Waals surface area contributed by atoms with Gasteiger partial charge in [-0.1, -0.05) is 31.9 Å². The number of esters is 1. The molecule has 186 valence electrons. The van der Waals surface area contributed by atoms with Crippen LogP contribution in [0.15, 0.2) is 36.4 Å². The minimum atomic E-state index is -1.21. The van der Waals surface area contributed by atoms with Crippen molar-refractivity contribution in [2.24, 2.45) is 0 Å². The highest BCUT2D eigenvalue weighted by atomic mass is 16.6. The number of rotatable bonds is 9. The second-order valence-electron chi connectivity index (χ2n) is 7.19. The summed E-state index contributed by atoms with van der Waals surface area (Å²) in [6.45, 7) is 4.34. The number of carbonyl (C=O) groups excluding carboxylic acids is 1. The molecule has 3 aromatic rings. The smallest absolute Gasteiger partial charge is 0.324 e. The number of hydrogen-bond acceptors (Lipinski definition) is 10. The minimum absolute atomic E-state index is 0.185. The summed E-state index contributed by atoms with van der Waals surface area (Å²) in [7, 11) is 0. The van der Waals surface area contributed by atoms with Gasteiger partial charge in [-0.05, 0) is 25.5 Å². The Morgan fingerprint density at radius 1 is 1.06 bits per heavy atom. The topological polar surface area (TPSA) is 205 Å². The van der Waals surface area contributed by atoms with E-state index in [1.54, 1.807) is 0 Å². The maximum atomic E-state index is 12.0. The third-order valence-electron chi connectivity index (χ3n) is 4.81. The highest BCUT2D eigenvalue weighted by Crippen LogP contribution is 2.39. The van der Waals surface area contributed by atoms with E-state index in [9.17, 15) is 35.1 Å². The van der Waals surface area contributed by atoms with E-state index in [0.29, 0.717) is 24.6 Å². The van der Waals surface area contributed by atoms with Crippen LogP contribution in [0.5, 0.6) is 5.75 Å². The summed E-state index contributed by atoms with van der Waals surface area (Å²) in [6.07, 6.45) is 2.81. The lowest BCUT2D eigenvalue weighted by Crippen LogP contribution is -2.17. The van der Waals surface area contributed by atoms with Crippen LogP contribution in [0, 0.1) is 30.3 Å². The van der Waals surface area contributed by atoms with Crippen molar-refractivity contribution in [1.29, 1.82) is 0 Å². The maximum absolute atomic E-state index is 12.0. The van der Waals surface area contributed by atoms with Gasteiger partial charge in [0.05, 0.1) is 44.5 Å². The summed E-state index contributed by atoms with van der Waals surface area (Å²) >= 11 is 0. The third-order valence-corrected chi connectivity index (χ3v) is 4.81. The molecule has 1 heterocycles. The van der Waals surface area contributed by atoms with Crippen LogP contribution in [0.4, 0.5) is 17.1 Å². The zero-order chi connectivity index (χ0) is 26.1. The van der Waals surface area contributed by atoms with Crippen molar-refractivity contribution in [3.05, 3.63) is 72.6 Å². The number of nitrogens with one attached hydrogen (secondary N) is 1. The van der Waals surface area contributed by atoms with Crippen molar-refractivity contribution in [3.63, 3.8) is 0 Å². The Bertz CT molecular complexity index is 1170. The Morgan fingerprint density at radius 2 is 1.66 bits per heavy atom. The molecule has 2 aromatic carbocycles. The van der Waals surface area contributed by atoms with Crippen LogP contribution < -0.4 is 0 Å². The van der Waals surface area contributed by atoms with Crippen LogP contribution >= 0.6 is 0 Å². The number of carbonyl (C=O) groups is 1. The predicted octanol–water partition coefficient (Wildman–Crippen LogP) is 4.52. The first-order valence-electron chi connectivity index (χ1n) is 10.5. The lowest BCUT2D eigenvalue weighted by molar-refractivity contribution is -0.404. The van der Waals surface area contributed by atoms with Gasteiger partial charge >= 0.3 is 17.3 Å². The van der Waals surface area contributed by atoms with E-state index in [4.69, 9.17) is 9.84 Å². The number of aromatic nitrogens is 2. The number of H-pyrrole nitrogens is 1. The van der Waals surface area contributed by atoms with Gasteiger partial charge in [-0.15, -0.1) is 0 Å². The summed E-state index contributed by atoms with van der Waals surface area (Å²) < 4.78 is 5.15. The molecule has 3 rings (SSSR count). The Labute approximate surface area is 198 Å². The Morgan fingerprint density at radius 3 is 2.14 bits per heavy atom. The van der Waals surface area contributed by atoms with Crippen molar-refractivity contribution in [2.75, 3.05) is 6.61 Å². The number of non-ortho nitro benzene ring substituents is 1. The zero-order valence-electron chi connectivity index (χ0n) is 18.9. The molecule has 14 nitrogen and oxygen atoms in total. The van der Waals surface area contributed by atoms with Gasteiger partial charge in [0.15, 0.2) is 0 Å². The van der Waals surface area contributed by atoms with E-state index < -0.39 is 37.6 Å². The second kappa shape index (κ2) is 12.0. The van der Waals surface area contributed by atoms with E-state index in [1.807, 2.05) is 31.2 Å². The first-order chi connectivity index (χ1) is 16.6. The normalized spacial score (nSPS) is 11.3. The van der Waals surface area contributed by atoms with Crippen LogP contribution in [-0.2, 0) is 9.53 Å². The average molecular weight is 489 g/mol. The molecule has 1 aromatic heterocycles. The summed E-state index contributed by atoms with van der Waals surface area (Å²) in [5, 5.41) is 40.2. The van der Waals surface area contributed by atoms with Crippen molar-refractivity contribution in [2.45, 2.75) is 39.0 Å². The van der Waals surface area contributed by atoms with Gasteiger partial charge in [-0.25, -0.2) is 4.98 Å². The third kappa shape index (κ3) is 6.69. The summed E-state index contributed by atoms with van der Waals surface area (Å²) in [5.41, 5.74) is -1.15. The lowest BCUT2D eigenvalue weighted by atomic mass is 10.0. The molecular formula is C21H23N5O9. The second-order valence-corrected chi connectivity index (χ2v) is 7.19. The van der Waals surface area contributed by atoms with Crippen molar-refractivity contribution < 1.29 is 29.4 Å². The van der Waals surface area contributed by atoms with E-state index in [2.05, 4.69) is 16.9 Å². The van der Waals surface area contributed by atoms with E-state index in [1.165, 1.54) is 0 Å². The zero-order valence-corrected chi connectivity index (χ0v) is 18.9. The number of aromatic hydroxyl groups is 1. The summed E-state index contributed by atoms with van der Waals surface area (Å²) in [5.74, 6) is -0.962. The van der Waals surface area contributed by atoms with E-state index >= 15 is 0 Å². The van der Waals surface area contributed by atoms with Crippen molar-refractivity contribution in [3.8, 4) is 5.75 Å². The highest BCUT2D eigenvalue weighted by Gasteiger charge is 2.30. The Balaban J connectivity index is 0.000000251. The van der Waals surface area contributed by atoms with Crippen LogP contribution in [0.25, 0.3) is 11.0 Å². The number of fused-ring (bicyclic) bond motifs is 1. The minimum Gasteiger partial charge on any atom is -0.497 e. The number of phenols is 1. The van der Waals surface area contributed by atoms with Crippen LogP contribution in [0.1, 0.15) is 44.9 Å². The van der Waals surface area contributed by atoms with Crippen LogP contribution in [0.3, 0.4) is 0 Å². The van der Waals surface area contributed by atoms with Gasteiger partial charge < -0.3 is 14.8 Å². The number of hydrogen-bond donors (Lipinski definition) is 2. The molecule has 0 aliphatic heterocycles. The van der Waals surface area contributed by atoms with Crippen molar-refractivity contribution >= 4 is 34.1 Å². The van der Waals surface area contributed by atoms with Gasteiger partial charge in [-0.2, -0.15) is 0 Å². The molecule has 2 N–H and O–H groups in total. The first kappa shape index (κ1) is 26.6. The van der Waals surface area contributed by atoms with Gasteiger partial charge in [0.2, 0.25) is 0 Å². The SMILES string of the molecule is CCCCC(C(=O)OCC)c1nc2ccccc2[nH]1.O=[N+]([O-])c1cc([N+](=O)[O-])c(O)c([N+](=O)[O-])c1.